The summed E-state index contributed by atoms with van der Waals surface area (Å²) < 4.78 is 0. The molecule has 2 rings (SSSR count). The molecule has 2 atom stereocenters. The van der Waals surface area contributed by atoms with E-state index < -0.39 is 0 Å². The summed E-state index contributed by atoms with van der Waals surface area (Å²) in [5, 5.41) is 14.3. The van der Waals surface area contributed by atoms with Crippen molar-refractivity contribution in [2.75, 3.05) is 13.6 Å². The Kier molecular flexibility index (Phi) is 4.73. The summed E-state index contributed by atoms with van der Waals surface area (Å²) in [6, 6.07) is 8.19. The zero-order chi connectivity index (χ0) is 14.7. The normalized spacial score (nSPS) is 18.0. The van der Waals surface area contributed by atoms with Crippen molar-refractivity contribution in [2.24, 2.45) is 0 Å². The SMILES string of the molecule is CC(NCC(C)N(C)C1CC1)c1cccc([N+](=O)[O-])c1. The van der Waals surface area contributed by atoms with Crippen molar-refractivity contribution in [1.29, 1.82) is 0 Å². The average molecular weight is 277 g/mol. The van der Waals surface area contributed by atoms with Crippen molar-refractivity contribution in [3.63, 3.8) is 0 Å². The molecule has 0 heterocycles. The van der Waals surface area contributed by atoms with Crippen molar-refractivity contribution in [1.82, 2.24) is 10.2 Å². The lowest BCUT2D eigenvalue weighted by atomic mass is 10.1. The summed E-state index contributed by atoms with van der Waals surface area (Å²) in [6.45, 7) is 5.14. The molecule has 1 aromatic carbocycles. The van der Waals surface area contributed by atoms with Crippen LogP contribution in [0.15, 0.2) is 24.3 Å². The van der Waals surface area contributed by atoms with Crippen molar-refractivity contribution in [3.8, 4) is 0 Å². The molecule has 5 nitrogen and oxygen atoms in total. The van der Waals surface area contributed by atoms with Crippen molar-refractivity contribution >= 4 is 5.69 Å². The van der Waals surface area contributed by atoms with Gasteiger partial charge >= 0.3 is 0 Å². The summed E-state index contributed by atoms with van der Waals surface area (Å²) in [5.74, 6) is 0. The van der Waals surface area contributed by atoms with Crippen LogP contribution < -0.4 is 5.32 Å². The quantitative estimate of drug-likeness (QED) is 0.615. The lowest BCUT2D eigenvalue weighted by Crippen LogP contribution is -2.39. The number of benzene rings is 1. The summed E-state index contributed by atoms with van der Waals surface area (Å²) in [5.41, 5.74) is 1.11. The Morgan fingerprint density at radius 3 is 2.75 bits per heavy atom. The maximum Gasteiger partial charge on any atom is 0.269 e. The van der Waals surface area contributed by atoms with Gasteiger partial charge in [-0.2, -0.15) is 0 Å². The molecule has 1 saturated carbocycles. The first-order valence-electron chi connectivity index (χ1n) is 7.18. The minimum atomic E-state index is -0.348. The van der Waals surface area contributed by atoms with Crippen molar-refractivity contribution in [3.05, 3.63) is 39.9 Å². The molecule has 0 bridgehead atoms. The number of nitro groups is 1. The monoisotopic (exact) mass is 277 g/mol. The van der Waals surface area contributed by atoms with Crippen LogP contribution in [-0.4, -0.2) is 35.5 Å². The van der Waals surface area contributed by atoms with Gasteiger partial charge in [-0.15, -0.1) is 0 Å². The number of nitrogens with zero attached hydrogens (tertiary/aromatic N) is 2. The maximum atomic E-state index is 10.8. The van der Waals surface area contributed by atoms with Gasteiger partial charge in [0.05, 0.1) is 4.92 Å². The minimum absolute atomic E-state index is 0.116. The van der Waals surface area contributed by atoms with Gasteiger partial charge < -0.3 is 5.32 Å². The van der Waals surface area contributed by atoms with Crippen LogP contribution >= 0.6 is 0 Å². The molecule has 1 aliphatic rings. The average Bonchev–Trinajstić information content (AvgIpc) is 3.28. The van der Waals surface area contributed by atoms with Crippen LogP contribution in [-0.2, 0) is 0 Å². The molecule has 1 fully saturated rings. The third kappa shape index (κ3) is 3.77. The second-order valence-electron chi connectivity index (χ2n) is 5.73. The van der Waals surface area contributed by atoms with E-state index in [1.807, 2.05) is 13.0 Å². The Morgan fingerprint density at radius 2 is 2.15 bits per heavy atom. The summed E-state index contributed by atoms with van der Waals surface area (Å²) in [4.78, 5) is 12.9. The fraction of sp³-hybridized carbons (Fsp3) is 0.600. The van der Waals surface area contributed by atoms with E-state index in [9.17, 15) is 10.1 Å². The third-order valence-electron chi connectivity index (χ3n) is 4.12. The highest BCUT2D eigenvalue weighted by atomic mass is 16.6. The minimum Gasteiger partial charge on any atom is -0.309 e. The number of likely N-dealkylation sites (N-methyl/N-ethyl adjacent to an activating group) is 1. The molecule has 0 aliphatic heterocycles. The maximum absolute atomic E-state index is 10.8. The van der Waals surface area contributed by atoms with Gasteiger partial charge in [0.15, 0.2) is 0 Å². The van der Waals surface area contributed by atoms with Crippen LogP contribution in [0.5, 0.6) is 0 Å². The molecule has 1 aromatic rings. The fourth-order valence-electron chi connectivity index (χ4n) is 2.36. The standard InChI is InChI=1S/C15H23N3O2/c1-11(17(3)14-7-8-14)10-16-12(2)13-5-4-6-15(9-13)18(19)20/h4-6,9,11-12,14,16H,7-8,10H2,1-3H3. The number of rotatable bonds is 7. The smallest absolute Gasteiger partial charge is 0.269 e. The molecule has 1 aliphatic carbocycles. The molecular formula is C15H23N3O2. The molecule has 0 aromatic heterocycles. The molecule has 1 N–H and O–H groups in total. The lowest BCUT2D eigenvalue weighted by molar-refractivity contribution is -0.384. The molecule has 20 heavy (non-hydrogen) atoms. The number of nitro benzene ring substituents is 1. The van der Waals surface area contributed by atoms with E-state index in [0.29, 0.717) is 6.04 Å². The molecule has 0 spiro atoms. The van der Waals surface area contributed by atoms with Gasteiger partial charge in [0, 0.05) is 36.8 Å². The van der Waals surface area contributed by atoms with E-state index in [-0.39, 0.29) is 16.7 Å². The number of nitrogens with one attached hydrogen (secondary N) is 1. The summed E-state index contributed by atoms with van der Waals surface area (Å²) >= 11 is 0. The van der Waals surface area contributed by atoms with Crippen LogP contribution in [0.2, 0.25) is 0 Å². The van der Waals surface area contributed by atoms with Gasteiger partial charge in [-0.3, -0.25) is 15.0 Å². The largest absolute Gasteiger partial charge is 0.309 e. The molecule has 0 radical (unpaired) electrons. The van der Waals surface area contributed by atoms with Crippen molar-refractivity contribution < 1.29 is 4.92 Å². The van der Waals surface area contributed by atoms with Gasteiger partial charge in [-0.25, -0.2) is 0 Å². The van der Waals surface area contributed by atoms with Gasteiger partial charge in [0.2, 0.25) is 0 Å². The van der Waals surface area contributed by atoms with E-state index >= 15 is 0 Å². The Morgan fingerprint density at radius 1 is 1.45 bits per heavy atom. The van der Waals surface area contributed by atoms with Gasteiger partial charge in [0.1, 0.15) is 0 Å². The molecule has 0 amide bonds. The highest BCUT2D eigenvalue weighted by Crippen LogP contribution is 2.27. The molecule has 2 unspecified atom stereocenters. The van der Waals surface area contributed by atoms with Crippen molar-refractivity contribution in [2.45, 2.75) is 44.8 Å². The summed E-state index contributed by atoms with van der Waals surface area (Å²) in [7, 11) is 2.17. The van der Waals surface area contributed by atoms with Crippen LogP contribution in [0.1, 0.15) is 38.3 Å². The Labute approximate surface area is 120 Å². The number of hydrogen-bond donors (Lipinski definition) is 1. The van der Waals surface area contributed by atoms with Crippen LogP contribution in [0.25, 0.3) is 0 Å². The van der Waals surface area contributed by atoms with E-state index in [1.54, 1.807) is 12.1 Å². The Bertz CT molecular complexity index is 474. The van der Waals surface area contributed by atoms with E-state index in [2.05, 4.69) is 24.2 Å². The fourth-order valence-corrected chi connectivity index (χ4v) is 2.36. The predicted octanol–water partition coefficient (Wildman–Crippen LogP) is 2.73. The predicted molar refractivity (Wildman–Crippen MR) is 79.8 cm³/mol. The third-order valence-corrected chi connectivity index (χ3v) is 4.12. The molecular weight excluding hydrogens is 254 g/mol. The highest BCUT2D eigenvalue weighted by Gasteiger charge is 2.29. The second kappa shape index (κ2) is 6.33. The number of hydrogen-bond acceptors (Lipinski definition) is 4. The molecule has 5 heteroatoms. The first kappa shape index (κ1) is 14.9. The van der Waals surface area contributed by atoms with E-state index in [1.165, 1.54) is 18.9 Å². The Hall–Kier alpha value is -1.46. The van der Waals surface area contributed by atoms with Gasteiger partial charge in [-0.1, -0.05) is 12.1 Å². The topological polar surface area (TPSA) is 58.4 Å². The first-order valence-corrected chi connectivity index (χ1v) is 7.18. The van der Waals surface area contributed by atoms with E-state index in [4.69, 9.17) is 0 Å². The first-order chi connectivity index (χ1) is 9.49. The zero-order valence-corrected chi connectivity index (χ0v) is 12.4. The van der Waals surface area contributed by atoms with Gasteiger partial charge in [0.25, 0.3) is 5.69 Å². The molecule has 110 valence electrons. The zero-order valence-electron chi connectivity index (χ0n) is 12.4. The lowest BCUT2D eigenvalue weighted by Gasteiger charge is -2.26. The van der Waals surface area contributed by atoms with E-state index in [0.717, 1.165) is 18.2 Å². The molecule has 0 saturated heterocycles. The highest BCUT2D eigenvalue weighted by molar-refractivity contribution is 5.35. The van der Waals surface area contributed by atoms with Crippen LogP contribution in [0, 0.1) is 10.1 Å². The van der Waals surface area contributed by atoms with Crippen LogP contribution in [0.4, 0.5) is 5.69 Å². The number of non-ortho nitro benzene ring substituents is 1. The second-order valence-corrected chi connectivity index (χ2v) is 5.73. The van der Waals surface area contributed by atoms with Gasteiger partial charge in [-0.05, 0) is 39.3 Å². The Balaban J connectivity index is 1.89. The van der Waals surface area contributed by atoms with Crippen LogP contribution in [0.3, 0.4) is 0 Å². The summed E-state index contributed by atoms with van der Waals surface area (Å²) in [6.07, 6.45) is 2.61.